The lowest BCUT2D eigenvalue weighted by molar-refractivity contribution is 0.0660. The van der Waals surface area contributed by atoms with Gasteiger partial charge >= 0.3 is 5.97 Å². The number of hydrogen-bond donors (Lipinski definition) is 1. The number of aryl methyl sites for hydroxylation is 2. The third kappa shape index (κ3) is 3.47. The SMILES string of the molecule is Cc1ccc(C)c(N=Cc2cn(Cc3ccc(C(=O)O)o3)c3ccccc23)c1. The molecule has 1 N–H and O–H groups in total. The Morgan fingerprint density at radius 1 is 1.14 bits per heavy atom. The maximum absolute atomic E-state index is 11.0. The number of nitrogens with zero attached hydrogens (tertiary/aromatic N) is 2. The zero-order valence-corrected chi connectivity index (χ0v) is 15.7. The van der Waals surface area contributed by atoms with E-state index >= 15 is 0 Å². The van der Waals surface area contributed by atoms with Gasteiger partial charge in [-0.3, -0.25) is 4.99 Å². The Balaban J connectivity index is 1.70. The number of aliphatic imine (C=N–C) groups is 1. The van der Waals surface area contributed by atoms with Crippen molar-refractivity contribution in [3.8, 4) is 0 Å². The monoisotopic (exact) mass is 372 g/mol. The second-order valence-electron chi connectivity index (χ2n) is 6.85. The van der Waals surface area contributed by atoms with Gasteiger partial charge in [-0.25, -0.2) is 4.79 Å². The molecule has 28 heavy (non-hydrogen) atoms. The van der Waals surface area contributed by atoms with Gasteiger partial charge in [-0.15, -0.1) is 0 Å². The molecule has 5 nitrogen and oxygen atoms in total. The van der Waals surface area contributed by atoms with Gasteiger partial charge in [-0.1, -0.05) is 30.3 Å². The zero-order valence-electron chi connectivity index (χ0n) is 15.7. The van der Waals surface area contributed by atoms with Crippen molar-refractivity contribution >= 4 is 28.8 Å². The summed E-state index contributed by atoms with van der Waals surface area (Å²) in [5.41, 5.74) is 5.29. The maximum atomic E-state index is 11.0. The molecule has 2 aromatic heterocycles. The maximum Gasteiger partial charge on any atom is 0.371 e. The second kappa shape index (κ2) is 7.19. The fourth-order valence-electron chi connectivity index (χ4n) is 3.25. The quantitative estimate of drug-likeness (QED) is 0.480. The summed E-state index contributed by atoms with van der Waals surface area (Å²) in [6.07, 6.45) is 3.90. The van der Waals surface area contributed by atoms with Crippen LogP contribution in [0.2, 0.25) is 0 Å². The van der Waals surface area contributed by atoms with Gasteiger partial charge in [0.25, 0.3) is 0 Å². The molecule has 2 aromatic carbocycles. The van der Waals surface area contributed by atoms with Crippen LogP contribution >= 0.6 is 0 Å². The summed E-state index contributed by atoms with van der Waals surface area (Å²) < 4.78 is 7.46. The average molecular weight is 372 g/mol. The summed E-state index contributed by atoms with van der Waals surface area (Å²) in [4.78, 5) is 15.7. The molecule has 0 bridgehead atoms. The van der Waals surface area contributed by atoms with Crippen LogP contribution in [-0.2, 0) is 6.54 Å². The number of carbonyl (C=O) groups is 1. The molecule has 0 saturated heterocycles. The van der Waals surface area contributed by atoms with Gasteiger partial charge in [0.2, 0.25) is 5.76 Å². The molecule has 140 valence electrons. The third-order valence-corrected chi connectivity index (χ3v) is 4.73. The van der Waals surface area contributed by atoms with Gasteiger partial charge in [-0.2, -0.15) is 0 Å². The molecular formula is C23H20N2O3. The van der Waals surface area contributed by atoms with Crippen LogP contribution in [0.3, 0.4) is 0 Å². The molecule has 2 heterocycles. The molecule has 0 aliphatic rings. The highest BCUT2D eigenvalue weighted by molar-refractivity contribution is 6.00. The van der Waals surface area contributed by atoms with E-state index in [1.807, 2.05) is 42.1 Å². The normalized spacial score (nSPS) is 11.5. The van der Waals surface area contributed by atoms with Gasteiger partial charge in [0.1, 0.15) is 5.76 Å². The Morgan fingerprint density at radius 3 is 2.75 bits per heavy atom. The third-order valence-electron chi connectivity index (χ3n) is 4.73. The molecule has 0 saturated carbocycles. The van der Waals surface area contributed by atoms with Crippen LogP contribution in [0, 0.1) is 13.8 Å². The van der Waals surface area contributed by atoms with Gasteiger partial charge in [0, 0.05) is 28.9 Å². The van der Waals surface area contributed by atoms with E-state index in [1.165, 1.54) is 11.6 Å². The van der Waals surface area contributed by atoms with Crippen LogP contribution in [0.4, 0.5) is 5.69 Å². The second-order valence-corrected chi connectivity index (χ2v) is 6.85. The molecular weight excluding hydrogens is 352 g/mol. The van der Waals surface area contributed by atoms with E-state index in [2.05, 4.69) is 31.2 Å². The number of carboxylic acid groups (broad SMARTS) is 1. The van der Waals surface area contributed by atoms with Crippen molar-refractivity contribution in [1.82, 2.24) is 4.57 Å². The molecule has 0 amide bonds. The molecule has 0 aliphatic heterocycles. The van der Waals surface area contributed by atoms with Crippen LogP contribution in [0.15, 0.2) is 70.2 Å². The van der Waals surface area contributed by atoms with Crippen LogP contribution in [0.25, 0.3) is 10.9 Å². The number of furan rings is 1. The Morgan fingerprint density at radius 2 is 1.96 bits per heavy atom. The highest BCUT2D eigenvalue weighted by atomic mass is 16.4. The number of para-hydroxylation sites is 1. The van der Waals surface area contributed by atoms with Crippen molar-refractivity contribution in [3.63, 3.8) is 0 Å². The largest absolute Gasteiger partial charge is 0.475 e. The van der Waals surface area contributed by atoms with E-state index in [0.717, 1.165) is 27.7 Å². The van der Waals surface area contributed by atoms with Crippen molar-refractivity contribution in [2.45, 2.75) is 20.4 Å². The van der Waals surface area contributed by atoms with Gasteiger partial charge in [0.15, 0.2) is 0 Å². The van der Waals surface area contributed by atoms with E-state index < -0.39 is 5.97 Å². The fraction of sp³-hybridized carbons (Fsp3) is 0.130. The Kier molecular flexibility index (Phi) is 4.57. The number of hydrogen-bond acceptors (Lipinski definition) is 3. The summed E-state index contributed by atoms with van der Waals surface area (Å²) >= 11 is 0. The topological polar surface area (TPSA) is 67.7 Å². The lowest BCUT2D eigenvalue weighted by Gasteiger charge is -2.02. The average Bonchev–Trinajstić information content (AvgIpc) is 3.28. The highest BCUT2D eigenvalue weighted by Crippen LogP contribution is 2.24. The number of fused-ring (bicyclic) bond motifs is 1. The first-order valence-corrected chi connectivity index (χ1v) is 9.02. The highest BCUT2D eigenvalue weighted by Gasteiger charge is 2.12. The number of rotatable bonds is 5. The Bertz CT molecular complexity index is 1200. The molecule has 0 spiro atoms. The summed E-state index contributed by atoms with van der Waals surface area (Å²) in [6, 6.07) is 17.5. The van der Waals surface area contributed by atoms with Crippen LogP contribution < -0.4 is 0 Å². The molecule has 4 aromatic rings. The minimum atomic E-state index is -1.06. The van der Waals surface area contributed by atoms with E-state index in [1.54, 1.807) is 6.07 Å². The first kappa shape index (κ1) is 17.8. The van der Waals surface area contributed by atoms with E-state index in [9.17, 15) is 4.79 Å². The fourth-order valence-corrected chi connectivity index (χ4v) is 3.25. The van der Waals surface area contributed by atoms with Crippen molar-refractivity contribution in [3.05, 3.63) is 89.0 Å². The van der Waals surface area contributed by atoms with Crippen molar-refractivity contribution in [2.24, 2.45) is 4.99 Å². The summed E-state index contributed by atoms with van der Waals surface area (Å²) in [7, 11) is 0. The molecule has 0 fully saturated rings. The molecule has 0 aliphatic carbocycles. The van der Waals surface area contributed by atoms with Gasteiger partial charge in [0.05, 0.1) is 12.2 Å². The number of aromatic nitrogens is 1. The lowest BCUT2D eigenvalue weighted by atomic mass is 10.1. The number of aromatic carboxylic acids is 1. The van der Waals surface area contributed by atoms with Crippen molar-refractivity contribution in [1.29, 1.82) is 0 Å². The van der Waals surface area contributed by atoms with Gasteiger partial charge in [-0.05, 0) is 49.2 Å². The van der Waals surface area contributed by atoms with E-state index in [0.29, 0.717) is 12.3 Å². The molecule has 5 heteroatoms. The molecule has 0 atom stereocenters. The summed E-state index contributed by atoms with van der Waals surface area (Å²) in [6.45, 7) is 4.55. The summed E-state index contributed by atoms with van der Waals surface area (Å²) in [5, 5.41) is 10.1. The predicted octanol–water partition coefficient (Wildman–Crippen LogP) is 5.35. The first-order chi connectivity index (χ1) is 13.5. The standard InChI is InChI=1S/C23H20N2O3/c1-15-7-8-16(2)20(11-15)24-12-17-13-25(21-6-4-3-5-19(17)21)14-18-9-10-22(28-18)23(26)27/h3-13H,14H2,1-2H3,(H,26,27). The van der Waals surface area contributed by atoms with Crippen molar-refractivity contribution < 1.29 is 14.3 Å². The molecule has 0 unspecified atom stereocenters. The van der Waals surface area contributed by atoms with E-state index in [-0.39, 0.29) is 5.76 Å². The van der Waals surface area contributed by atoms with E-state index in [4.69, 9.17) is 14.5 Å². The number of benzene rings is 2. The van der Waals surface area contributed by atoms with Crippen LogP contribution in [0.5, 0.6) is 0 Å². The minimum Gasteiger partial charge on any atom is -0.475 e. The molecule has 4 rings (SSSR count). The smallest absolute Gasteiger partial charge is 0.371 e. The van der Waals surface area contributed by atoms with Crippen LogP contribution in [-0.4, -0.2) is 21.9 Å². The minimum absolute atomic E-state index is 0.0526. The number of carboxylic acids is 1. The van der Waals surface area contributed by atoms with Crippen LogP contribution in [0.1, 0.15) is 33.0 Å². The predicted molar refractivity (Wildman–Crippen MR) is 110 cm³/mol. The first-order valence-electron chi connectivity index (χ1n) is 9.02. The van der Waals surface area contributed by atoms with Gasteiger partial charge < -0.3 is 14.1 Å². The Hall–Kier alpha value is -3.60. The summed E-state index contributed by atoms with van der Waals surface area (Å²) in [5.74, 6) is -0.524. The zero-order chi connectivity index (χ0) is 19.7. The molecule has 0 radical (unpaired) electrons. The lowest BCUT2D eigenvalue weighted by Crippen LogP contribution is -1.97. The van der Waals surface area contributed by atoms with Crippen molar-refractivity contribution in [2.75, 3.05) is 0 Å². The Labute approximate surface area is 162 Å².